The highest BCUT2D eigenvalue weighted by Gasteiger charge is 2.47. The zero-order valence-electron chi connectivity index (χ0n) is 54.9. The highest BCUT2D eigenvalue weighted by molar-refractivity contribution is 6.02. The monoisotopic (exact) mass is 1450 g/mol. The Bertz CT molecular complexity index is 2950. The molecule has 39 heteroatoms. The van der Waals surface area contributed by atoms with Gasteiger partial charge in [0.15, 0.2) is 25.2 Å². The predicted octanol–water partition coefficient (Wildman–Crippen LogP) is -7.90. The minimum atomic E-state index is -1.69. The fraction of sp³-hybridized carbons (Fsp3) is 0.619. The molecule has 4 fully saturated rings. The van der Waals surface area contributed by atoms with Crippen LogP contribution in [0.1, 0.15) is 105 Å². The molecule has 4 heterocycles. The van der Waals surface area contributed by atoms with Gasteiger partial charge in [-0.1, -0.05) is 5.11 Å². The lowest BCUT2D eigenvalue weighted by molar-refractivity contribution is -0.301. The van der Waals surface area contributed by atoms with Gasteiger partial charge in [0.05, 0.1) is 59.4 Å². The van der Waals surface area contributed by atoms with Crippen LogP contribution in [-0.2, 0) is 57.5 Å². The van der Waals surface area contributed by atoms with E-state index >= 15 is 0 Å². The molecule has 39 nitrogen and oxygen atoms in total. The standard InChI is InChI=1S/C63H89N9O30/c64-72-71-24-31-17-36(58(93)69-22-29-13-32(54(89)65-5-1-9-95-60-50(85)46(81)42(77)38(25-73)99-60)19-33(14-29)55(90)66-6-2-10-96-61-51(86)47(82)43(78)39(26-74)100-61)21-37(18-31)59(94)70-23-30-15-34(56(91)67-7-3-11-97-62-52(87)48(83)44(79)40(27-75)101-62)20-35(16-30)57(92)68-8-4-12-98-63-53(88)49(84)45(80)41(28-76)102-63/h13-21,38-53,60-63,73-88H,1-12,22-28H2,(H,65,89)(H,66,90)(H,67,91)(H,68,92)(H,69,93)(H,70,94)/t38-,39-,40-,41-,42-,43-,44-,45-,46+,47+,48+,49+,50+,51+,52+,53+,60+,61+,62+,63+/m1/s1. The number of aliphatic hydroxyl groups is 16. The Morgan fingerprint density at radius 3 is 0.794 bits per heavy atom. The van der Waals surface area contributed by atoms with E-state index in [0.717, 1.165) is 0 Å². The molecule has 0 aliphatic carbocycles. The topological polar surface area (TPSA) is 621 Å². The number of nitrogens with one attached hydrogen (secondary N) is 6. The number of ether oxygens (including phenoxy) is 8. The number of rotatable bonds is 36. The number of hydrogen-bond donors (Lipinski definition) is 22. The molecule has 7 rings (SSSR count). The molecule has 0 saturated carbocycles. The van der Waals surface area contributed by atoms with E-state index in [-0.39, 0.29) is 148 Å². The number of azide groups is 1. The van der Waals surface area contributed by atoms with Crippen LogP contribution in [0, 0.1) is 0 Å². The van der Waals surface area contributed by atoms with E-state index in [4.69, 9.17) is 37.9 Å². The second-order valence-electron chi connectivity index (χ2n) is 24.2. The SMILES string of the molecule is [N-]=[N+]=NCc1cc(C(=O)NCc2cc(C(=O)NCCCO[C@H]3O[C@H](CO)[C@@H](O)[C@H](O)[C@@H]3O)cc(C(=O)NCCCO[C@H]3O[C@H](CO)[C@@H](O)[C@H](O)[C@@H]3O)c2)cc(C(=O)NCc2cc(C(=O)NCCCO[C@H]3O[C@H](CO)[C@@H](O)[C@H](O)[C@@H]3O)cc(C(=O)NCCCO[C@H]3O[C@H](CO)[C@@H](O)[C@H](O)[C@@H]3O)c2)c1. The first-order valence-corrected chi connectivity index (χ1v) is 32.6. The summed E-state index contributed by atoms with van der Waals surface area (Å²) in [5.41, 5.74) is 9.26. The van der Waals surface area contributed by atoms with Gasteiger partial charge in [-0.15, -0.1) is 0 Å². The maximum atomic E-state index is 14.1. The molecular weight excluding hydrogens is 1360 g/mol. The summed E-state index contributed by atoms with van der Waals surface area (Å²) in [4.78, 5) is 85.9. The molecule has 0 radical (unpaired) electrons. The first-order chi connectivity index (χ1) is 48.8. The molecule has 566 valence electrons. The second-order valence-corrected chi connectivity index (χ2v) is 24.2. The van der Waals surface area contributed by atoms with Crippen molar-refractivity contribution in [1.29, 1.82) is 0 Å². The van der Waals surface area contributed by atoms with Crippen molar-refractivity contribution in [1.82, 2.24) is 31.9 Å². The van der Waals surface area contributed by atoms with Crippen molar-refractivity contribution >= 4 is 35.4 Å². The number of aliphatic hydroxyl groups excluding tert-OH is 16. The molecule has 0 spiro atoms. The normalized spacial score (nSPS) is 29.4. The zero-order valence-corrected chi connectivity index (χ0v) is 54.9. The third-order valence-electron chi connectivity index (χ3n) is 16.7. The van der Waals surface area contributed by atoms with Crippen molar-refractivity contribution in [2.45, 2.75) is 168 Å². The number of benzene rings is 3. The Morgan fingerprint density at radius 1 is 0.343 bits per heavy atom. The molecule has 4 saturated heterocycles. The van der Waals surface area contributed by atoms with E-state index in [2.05, 4.69) is 41.9 Å². The number of nitrogens with zero attached hydrogens (tertiary/aromatic N) is 3. The van der Waals surface area contributed by atoms with Gasteiger partial charge < -0.3 is 152 Å². The molecule has 0 aromatic heterocycles. The molecule has 0 unspecified atom stereocenters. The quantitative estimate of drug-likeness (QED) is 0.0111. The lowest BCUT2D eigenvalue weighted by atomic mass is 9.99. The Balaban J connectivity index is 1.02. The molecule has 3 aromatic carbocycles. The van der Waals surface area contributed by atoms with Crippen molar-refractivity contribution in [3.8, 4) is 0 Å². The van der Waals surface area contributed by atoms with Gasteiger partial charge in [-0.2, -0.15) is 0 Å². The van der Waals surface area contributed by atoms with Gasteiger partial charge in [-0.3, -0.25) is 28.8 Å². The summed E-state index contributed by atoms with van der Waals surface area (Å²) in [6.45, 7) is -4.65. The number of hydrogen-bond acceptors (Lipinski definition) is 31. The lowest BCUT2D eigenvalue weighted by Crippen LogP contribution is -2.59. The van der Waals surface area contributed by atoms with Gasteiger partial charge in [-0.25, -0.2) is 0 Å². The van der Waals surface area contributed by atoms with Gasteiger partial charge in [0, 0.05) is 77.6 Å². The maximum Gasteiger partial charge on any atom is 0.251 e. The van der Waals surface area contributed by atoms with Crippen molar-refractivity contribution in [3.63, 3.8) is 0 Å². The molecule has 4 aliphatic rings. The summed E-state index contributed by atoms with van der Waals surface area (Å²) in [6.07, 6.45) is -30.1. The molecule has 6 amide bonds. The van der Waals surface area contributed by atoms with E-state index in [0.29, 0.717) is 0 Å². The lowest BCUT2D eigenvalue weighted by Gasteiger charge is -2.39. The minimum Gasteiger partial charge on any atom is -0.394 e. The van der Waals surface area contributed by atoms with Crippen molar-refractivity contribution in [3.05, 3.63) is 115 Å². The van der Waals surface area contributed by atoms with Gasteiger partial charge in [-0.05, 0) is 103 Å². The average Bonchev–Trinajstić information content (AvgIpc) is 0.845. The fourth-order valence-electron chi connectivity index (χ4n) is 11.0. The van der Waals surface area contributed by atoms with Crippen LogP contribution in [0.15, 0.2) is 59.7 Å². The van der Waals surface area contributed by atoms with Crippen LogP contribution in [0.25, 0.3) is 10.4 Å². The smallest absolute Gasteiger partial charge is 0.251 e. The summed E-state index contributed by atoms with van der Waals surface area (Å²) >= 11 is 0. The van der Waals surface area contributed by atoms with E-state index in [9.17, 15) is 116 Å². The summed E-state index contributed by atoms with van der Waals surface area (Å²) in [6, 6.07) is 11.9. The highest BCUT2D eigenvalue weighted by atomic mass is 16.7. The Kier molecular flexibility index (Phi) is 32.4. The predicted molar refractivity (Wildman–Crippen MR) is 341 cm³/mol. The van der Waals surface area contributed by atoms with Crippen LogP contribution in [0.5, 0.6) is 0 Å². The minimum absolute atomic E-state index is 0.0587. The van der Waals surface area contributed by atoms with Crippen molar-refractivity contribution in [2.24, 2.45) is 5.11 Å². The van der Waals surface area contributed by atoms with Gasteiger partial charge in [0.1, 0.15) is 97.7 Å². The first-order valence-electron chi connectivity index (χ1n) is 32.6. The molecule has 4 aliphatic heterocycles. The molecule has 0 bridgehead atoms. The van der Waals surface area contributed by atoms with Crippen molar-refractivity contribution in [2.75, 3.05) is 79.0 Å². The Hall–Kier alpha value is -7.17. The third kappa shape index (κ3) is 22.4. The number of carbonyl (C=O) groups excluding carboxylic acids is 6. The van der Waals surface area contributed by atoms with Crippen LogP contribution >= 0.6 is 0 Å². The first kappa shape index (κ1) is 82.1. The van der Waals surface area contributed by atoms with Gasteiger partial charge in [0.25, 0.3) is 35.4 Å². The average molecular weight is 1450 g/mol. The van der Waals surface area contributed by atoms with E-state index in [1.807, 2.05) is 0 Å². The summed E-state index contributed by atoms with van der Waals surface area (Å²) < 4.78 is 43.4. The van der Waals surface area contributed by atoms with E-state index < -0.39 is 185 Å². The molecule has 22 N–H and O–H groups in total. The van der Waals surface area contributed by atoms with E-state index in [1.54, 1.807) is 0 Å². The van der Waals surface area contributed by atoms with Crippen LogP contribution in [-0.4, -0.2) is 319 Å². The maximum absolute atomic E-state index is 14.1. The van der Waals surface area contributed by atoms with Crippen LogP contribution < -0.4 is 31.9 Å². The summed E-state index contributed by atoms with van der Waals surface area (Å²) in [7, 11) is 0. The zero-order chi connectivity index (χ0) is 74.3. The molecule has 20 atom stereocenters. The van der Waals surface area contributed by atoms with Crippen LogP contribution in [0.4, 0.5) is 0 Å². The van der Waals surface area contributed by atoms with Crippen LogP contribution in [0.2, 0.25) is 0 Å². The highest BCUT2D eigenvalue weighted by Crippen LogP contribution is 2.27. The molecular formula is C63H89N9O30. The molecule has 3 aromatic rings. The molecule has 102 heavy (non-hydrogen) atoms. The third-order valence-corrected chi connectivity index (χ3v) is 16.7. The summed E-state index contributed by atoms with van der Waals surface area (Å²) in [5, 5.41) is 180. The largest absolute Gasteiger partial charge is 0.394 e. The number of amides is 6. The Morgan fingerprint density at radius 2 is 0.569 bits per heavy atom. The Labute approximate surface area is 581 Å². The number of carbonyl (C=O) groups is 6. The second kappa shape index (κ2) is 40.2. The van der Waals surface area contributed by atoms with Crippen LogP contribution in [0.3, 0.4) is 0 Å². The van der Waals surface area contributed by atoms with Gasteiger partial charge >= 0.3 is 0 Å². The van der Waals surface area contributed by atoms with E-state index in [1.165, 1.54) is 54.6 Å². The van der Waals surface area contributed by atoms with Gasteiger partial charge in [0.2, 0.25) is 0 Å². The van der Waals surface area contributed by atoms with Crippen molar-refractivity contribution < 1.29 is 148 Å². The fourth-order valence-corrected chi connectivity index (χ4v) is 11.0. The summed E-state index contributed by atoms with van der Waals surface area (Å²) in [5.74, 6) is -4.44.